The molecule has 9 nitrogen and oxygen atoms in total. The maximum atomic E-state index is 12.9. The summed E-state index contributed by atoms with van der Waals surface area (Å²) in [7, 11) is -3.63. The molecule has 1 heterocycles. The molecule has 3 aromatic rings. The number of rotatable bonds is 8. The smallest absolute Gasteiger partial charge is 0.305 e. The van der Waals surface area contributed by atoms with Gasteiger partial charge in [0, 0.05) is 6.07 Å². The highest BCUT2D eigenvalue weighted by Crippen LogP contribution is 2.23. The lowest BCUT2D eigenvalue weighted by Crippen LogP contribution is -2.31. The van der Waals surface area contributed by atoms with E-state index in [0.29, 0.717) is 11.3 Å². The Kier molecular flexibility index (Phi) is 6.40. The molecule has 1 atom stereocenters. The molecule has 0 aliphatic heterocycles. The van der Waals surface area contributed by atoms with Crippen LogP contribution >= 0.6 is 0 Å². The van der Waals surface area contributed by atoms with Crippen LogP contribution in [0.4, 0.5) is 5.82 Å². The second kappa shape index (κ2) is 9.00. The predicted molar refractivity (Wildman–Crippen MR) is 116 cm³/mol. The van der Waals surface area contributed by atoms with Crippen molar-refractivity contribution in [3.05, 3.63) is 77.5 Å². The number of carbonyl (C=O) groups is 2. The minimum atomic E-state index is -3.63. The van der Waals surface area contributed by atoms with Crippen LogP contribution in [0.15, 0.2) is 60.7 Å². The summed E-state index contributed by atoms with van der Waals surface area (Å²) >= 11 is 0. The Morgan fingerprint density at radius 3 is 2.35 bits per heavy atom. The number of hydrogen-bond acceptors (Lipinski definition) is 5. The van der Waals surface area contributed by atoms with Gasteiger partial charge in [0.1, 0.15) is 5.82 Å². The van der Waals surface area contributed by atoms with Crippen molar-refractivity contribution in [3.8, 4) is 5.69 Å². The van der Waals surface area contributed by atoms with Crippen molar-refractivity contribution in [1.29, 1.82) is 0 Å². The van der Waals surface area contributed by atoms with E-state index in [0.717, 1.165) is 11.8 Å². The number of hydrogen-bond donors (Lipinski definition) is 3. The zero-order valence-corrected chi connectivity index (χ0v) is 17.8. The number of nitrogens with zero attached hydrogens (tertiary/aromatic N) is 2. The first-order valence-electron chi connectivity index (χ1n) is 9.35. The Labute approximate surface area is 179 Å². The number of carbonyl (C=O) groups excluding carboxylic acids is 1. The Balaban J connectivity index is 1.96. The average molecular weight is 442 g/mol. The molecule has 10 heteroatoms. The number of carboxylic acid groups (broad SMARTS) is 1. The van der Waals surface area contributed by atoms with E-state index in [2.05, 4.69) is 15.1 Å². The third-order valence-electron chi connectivity index (χ3n) is 4.48. The first-order valence-corrected chi connectivity index (χ1v) is 11.2. The number of aliphatic carboxylic acids is 1. The molecule has 162 valence electrons. The van der Waals surface area contributed by atoms with Crippen molar-refractivity contribution in [2.24, 2.45) is 0 Å². The topological polar surface area (TPSA) is 130 Å². The van der Waals surface area contributed by atoms with Crippen LogP contribution in [0.2, 0.25) is 0 Å². The van der Waals surface area contributed by atoms with E-state index < -0.39 is 27.9 Å². The molecule has 1 amide bonds. The average Bonchev–Trinajstić information content (AvgIpc) is 3.10. The number of para-hydroxylation sites is 1. The molecule has 0 fully saturated rings. The standard InChI is InChI=1S/C21H22N4O5S/c1-14-8-6-7-11-16(14)17(13-20(26)27)22-21(28)18-12-19(24-31(2,29)30)25(23-18)15-9-4-3-5-10-15/h3-12,17,24H,13H2,1-2H3,(H,22,28)(H,26,27)/t17-/m0/s1. The lowest BCUT2D eigenvalue weighted by molar-refractivity contribution is -0.137. The van der Waals surface area contributed by atoms with Crippen molar-refractivity contribution in [2.75, 3.05) is 11.0 Å². The molecule has 0 spiro atoms. The number of anilines is 1. The fourth-order valence-electron chi connectivity index (χ4n) is 3.14. The maximum Gasteiger partial charge on any atom is 0.305 e. The molecule has 0 saturated carbocycles. The van der Waals surface area contributed by atoms with Gasteiger partial charge in [0.25, 0.3) is 5.91 Å². The van der Waals surface area contributed by atoms with E-state index in [1.165, 1.54) is 10.7 Å². The molecule has 0 radical (unpaired) electrons. The zero-order valence-electron chi connectivity index (χ0n) is 16.9. The number of aromatic nitrogens is 2. The molecule has 0 saturated heterocycles. The quantitative estimate of drug-likeness (QED) is 0.491. The largest absolute Gasteiger partial charge is 0.481 e. The van der Waals surface area contributed by atoms with Gasteiger partial charge in [-0.2, -0.15) is 5.10 Å². The molecule has 0 bridgehead atoms. The molecule has 0 aliphatic carbocycles. The van der Waals surface area contributed by atoms with Gasteiger partial charge < -0.3 is 10.4 Å². The van der Waals surface area contributed by atoms with Gasteiger partial charge in [-0.05, 0) is 30.2 Å². The molecule has 1 aromatic heterocycles. The van der Waals surface area contributed by atoms with Crippen molar-refractivity contribution in [2.45, 2.75) is 19.4 Å². The molecular formula is C21H22N4O5S. The highest BCUT2D eigenvalue weighted by molar-refractivity contribution is 7.92. The summed E-state index contributed by atoms with van der Waals surface area (Å²) < 4.78 is 27.2. The van der Waals surface area contributed by atoms with Gasteiger partial charge in [-0.15, -0.1) is 0 Å². The van der Waals surface area contributed by atoms with Crippen molar-refractivity contribution < 1.29 is 23.1 Å². The van der Waals surface area contributed by atoms with Gasteiger partial charge >= 0.3 is 5.97 Å². The van der Waals surface area contributed by atoms with E-state index in [-0.39, 0.29) is 17.9 Å². The second-order valence-corrected chi connectivity index (χ2v) is 8.77. The number of nitrogens with one attached hydrogen (secondary N) is 2. The molecular weight excluding hydrogens is 420 g/mol. The van der Waals surface area contributed by atoms with E-state index in [1.807, 2.05) is 19.1 Å². The minimum Gasteiger partial charge on any atom is -0.481 e. The second-order valence-electron chi connectivity index (χ2n) is 7.02. The first kappa shape index (κ1) is 22.0. The van der Waals surface area contributed by atoms with Crippen LogP contribution in [0, 0.1) is 6.92 Å². The van der Waals surface area contributed by atoms with Gasteiger partial charge in [-0.1, -0.05) is 42.5 Å². The summed E-state index contributed by atoms with van der Waals surface area (Å²) in [5.41, 5.74) is 2.01. The van der Waals surface area contributed by atoms with Gasteiger partial charge in [0.2, 0.25) is 10.0 Å². The highest BCUT2D eigenvalue weighted by Gasteiger charge is 2.23. The SMILES string of the molecule is Cc1ccccc1[C@H](CC(=O)O)NC(=O)c1cc(NS(C)(=O)=O)n(-c2ccccc2)n1. The molecule has 31 heavy (non-hydrogen) atoms. The summed E-state index contributed by atoms with van der Waals surface area (Å²) in [6.07, 6.45) is 0.681. The van der Waals surface area contributed by atoms with Crippen LogP contribution < -0.4 is 10.0 Å². The van der Waals surface area contributed by atoms with Gasteiger partial charge in [-0.25, -0.2) is 13.1 Å². The Morgan fingerprint density at radius 2 is 1.74 bits per heavy atom. The van der Waals surface area contributed by atoms with E-state index in [4.69, 9.17) is 0 Å². The number of sulfonamides is 1. The van der Waals surface area contributed by atoms with Crippen LogP contribution in [-0.2, 0) is 14.8 Å². The lowest BCUT2D eigenvalue weighted by Gasteiger charge is -2.18. The number of benzene rings is 2. The van der Waals surface area contributed by atoms with E-state index in [1.54, 1.807) is 42.5 Å². The van der Waals surface area contributed by atoms with Crippen molar-refractivity contribution >= 4 is 27.7 Å². The Morgan fingerprint density at radius 1 is 1.10 bits per heavy atom. The third-order valence-corrected chi connectivity index (χ3v) is 5.06. The van der Waals surface area contributed by atoms with Crippen molar-refractivity contribution in [1.82, 2.24) is 15.1 Å². The third kappa shape index (κ3) is 5.70. The number of aryl methyl sites for hydroxylation is 1. The van der Waals surface area contributed by atoms with Crippen LogP contribution in [0.25, 0.3) is 5.69 Å². The van der Waals surface area contributed by atoms with Gasteiger partial charge in [0.15, 0.2) is 5.69 Å². The Hall–Kier alpha value is -3.66. The van der Waals surface area contributed by atoms with Gasteiger partial charge in [0.05, 0.1) is 24.4 Å². The monoisotopic (exact) mass is 442 g/mol. The first-order chi connectivity index (χ1) is 14.6. The minimum absolute atomic E-state index is 0.0565. The summed E-state index contributed by atoms with van der Waals surface area (Å²) in [6.45, 7) is 1.83. The van der Waals surface area contributed by atoms with Crippen LogP contribution in [0.3, 0.4) is 0 Å². The summed E-state index contributed by atoms with van der Waals surface area (Å²) in [5, 5.41) is 16.2. The van der Waals surface area contributed by atoms with Crippen LogP contribution in [0.1, 0.15) is 34.1 Å². The van der Waals surface area contributed by atoms with Crippen LogP contribution in [0.5, 0.6) is 0 Å². The zero-order chi connectivity index (χ0) is 22.6. The lowest BCUT2D eigenvalue weighted by atomic mass is 9.98. The number of carboxylic acids is 1. The molecule has 2 aromatic carbocycles. The van der Waals surface area contributed by atoms with E-state index in [9.17, 15) is 23.1 Å². The van der Waals surface area contributed by atoms with E-state index >= 15 is 0 Å². The summed E-state index contributed by atoms with van der Waals surface area (Å²) in [5.74, 6) is -1.60. The highest BCUT2D eigenvalue weighted by atomic mass is 32.2. The number of amides is 1. The Bertz CT molecular complexity index is 1210. The molecule has 3 N–H and O–H groups in total. The molecule has 0 unspecified atom stereocenters. The van der Waals surface area contributed by atoms with Gasteiger partial charge in [-0.3, -0.25) is 14.3 Å². The fraction of sp³-hybridized carbons (Fsp3) is 0.190. The summed E-state index contributed by atoms with van der Waals surface area (Å²) in [4.78, 5) is 24.3. The van der Waals surface area contributed by atoms with Crippen LogP contribution in [-0.4, -0.2) is 41.4 Å². The summed E-state index contributed by atoms with van der Waals surface area (Å²) in [6, 6.07) is 16.4. The fourth-order valence-corrected chi connectivity index (χ4v) is 3.67. The predicted octanol–water partition coefficient (Wildman–Crippen LogP) is 2.50. The van der Waals surface area contributed by atoms with Crippen molar-refractivity contribution in [3.63, 3.8) is 0 Å². The normalized spacial score (nSPS) is 12.2. The molecule has 3 rings (SSSR count). The molecule has 0 aliphatic rings. The maximum absolute atomic E-state index is 12.9.